The summed E-state index contributed by atoms with van der Waals surface area (Å²) in [6.07, 6.45) is 5.27. The van der Waals surface area contributed by atoms with E-state index in [0.717, 1.165) is 40.2 Å². The van der Waals surface area contributed by atoms with Gasteiger partial charge in [-0.15, -0.1) is 0 Å². The third kappa shape index (κ3) is 7.24. The van der Waals surface area contributed by atoms with Crippen molar-refractivity contribution >= 4 is 23.0 Å². The average molecular weight is 491 g/mol. The summed E-state index contributed by atoms with van der Waals surface area (Å²) in [5.41, 5.74) is 4.95. The van der Waals surface area contributed by atoms with Gasteiger partial charge in [-0.3, -0.25) is 15.3 Å². The summed E-state index contributed by atoms with van der Waals surface area (Å²) in [7, 11) is 7.76. The molecular formula is C26H34N8O2. The number of aromatic amines is 1. The van der Waals surface area contributed by atoms with Crippen LogP contribution >= 0.6 is 0 Å². The summed E-state index contributed by atoms with van der Waals surface area (Å²) in [5.74, 6) is 1.09. The fraction of sp³-hybridized carbons (Fsp3) is 0.308. The first-order valence-corrected chi connectivity index (χ1v) is 11.8. The summed E-state index contributed by atoms with van der Waals surface area (Å²) in [6.45, 7) is 3.76. The Balaban J connectivity index is 0.00000115. The number of imidazole rings is 1. The molecular weight excluding hydrogens is 456 g/mol. The number of ether oxygens (including phenoxy) is 1. The van der Waals surface area contributed by atoms with Gasteiger partial charge in [0.2, 0.25) is 5.95 Å². The second kappa shape index (κ2) is 13.2. The number of urea groups is 1. The van der Waals surface area contributed by atoms with Gasteiger partial charge in [0.05, 0.1) is 16.7 Å². The van der Waals surface area contributed by atoms with E-state index in [1.54, 1.807) is 12.4 Å². The molecule has 4 N–H and O–H groups in total. The van der Waals surface area contributed by atoms with E-state index in [4.69, 9.17) is 4.74 Å². The zero-order valence-electron chi connectivity index (χ0n) is 21.4. The summed E-state index contributed by atoms with van der Waals surface area (Å²) in [6, 6.07) is 11.3. The van der Waals surface area contributed by atoms with Crippen molar-refractivity contribution in [1.82, 2.24) is 35.5 Å². The molecule has 0 saturated carbocycles. The number of carbonyl (C=O) groups excluding carboxylic acids is 1. The number of anilines is 1. The van der Waals surface area contributed by atoms with Crippen LogP contribution in [0, 0.1) is 0 Å². The molecule has 10 nitrogen and oxygen atoms in total. The zero-order chi connectivity index (χ0) is 25.9. The highest BCUT2D eigenvalue weighted by Crippen LogP contribution is 2.34. The van der Waals surface area contributed by atoms with Crippen molar-refractivity contribution in [2.24, 2.45) is 0 Å². The Morgan fingerprint density at radius 1 is 1.11 bits per heavy atom. The normalized spacial score (nSPS) is 10.6. The van der Waals surface area contributed by atoms with Crippen LogP contribution in [0.25, 0.3) is 33.4 Å². The molecule has 190 valence electrons. The summed E-state index contributed by atoms with van der Waals surface area (Å²) < 4.78 is 5.91. The number of aromatic nitrogens is 4. The number of H-pyrrole nitrogens is 1. The Morgan fingerprint density at radius 3 is 2.61 bits per heavy atom. The minimum Gasteiger partial charge on any atom is -0.492 e. The van der Waals surface area contributed by atoms with E-state index in [1.165, 1.54) is 0 Å². The molecule has 0 fully saturated rings. The van der Waals surface area contributed by atoms with Crippen molar-refractivity contribution < 1.29 is 9.53 Å². The lowest BCUT2D eigenvalue weighted by Gasteiger charge is -2.12. The molecule has 0 aliphatic carbocycles. The molecule has 10 heteroatoms. The standard InChI is InChI=1S/C24H27N7O2.C2H7N/c1-4-26-24(32)30-23-28-21-13-17(16-6-5-8-25-15-16)12-19(22(21)29-23)20-14-18(7-9-27-20)33-11-10-31(2)3;1-3-2/h5-9,12-15H,4,10-11H2,1-3H3,(H3,26,28,29,30,32);3H,1-2H3. The largest absolute Gasteiger partial charge is 0.492 e. The smallest absolute Gasteiger partial charge is 0.321 e. The number of benzene rings is 1. The fourth-order valence-electron chi connectivity index (χ4n) is 3.38. The van der Waals surface area contributed by atoms with E-state index in [-0.39, 0.29) is 6.03 Å². The lowest BCUT2D eigenvalue weighted by Crippen LogP contribution is -2.28. The highest BCUT2D eigenvalue weighted by molar-refractivity contribution is 5.98. The van der Waals surface area contributed by atoms with Crippen molar-refractivity contribution in [2.75, 3.05) is 53.2 Å². The van der Waals surface area contributed by atoms with Crippen molar-refractivity contribution in [2.45, 2.75) is 6.92 Å². The Labute approximate surface area is 211 Å². The molecule has 2 amide bonds. The van der Waals surface area contributed by atoms with E-state index < -0.39 is 0 Å². The van der Waals surface area contributed by atoms with Gasteiger partial charge >= 0.3 is 6.03 Å². The molecule has 0 atom stereocenters. The Hall–Kier alpha value is -4.02. The quantitative estimate of drug-likeness (QED) is 0.298. The second-order valence-corrected chi connectivity index (χ2v) is 8.26. The van der Waals surface area contributed by atoms with Gasteiger partial charge < -0.3 is 25.3 Å². The average Bonchev–Trinajstić information content (AvgIpc) is 3.26. The predicted octanol–water partition coefficient (Wildman–Crippen LogP) is 3.60. The molecule has 0 aliphatic heterocycles. The molecule has 0 bridgehead atoms. The number of likely N-dealkylation sites (N-methyl/N-ethyl adjacent to an activating group) is 1. The van der Waals surface area contributed by atoms with Crippen LogP contribution < -0.4 is 20.7 Å². The molecule has 0 spiro atoms. The molecule has 4 rings (SSSR count). The molecule has 0 unspecified atom stereocenters. The molecule has 4 aromatic rings. The maximum Gasteiger partial charge on any atom is 0.321 e. The topological polar surface area (TPSA) is 120 Å². The number of carbonyl (C=O) groups is 1. The predicted molar refractivity (Wildman–Crippen MR) is 144 cm³/mol. The first-order valence-electron chi connectivity index (χ1n) is 11.8. The number of pyridine rings is 2. The van der Waals surface area contributed by atoms with Crippen molar-refractivity contribution in [1.29, 1.82) is 0 Å². The molecule has 3 aromatic heterocycles. The van der Waals surface area contributed by atoms with Gasteiger partial charge in [0.25, 0.3) is 0 Å². The number of fused-ring (bicyclic) bond motifs is 1. The van der Waals surface area contributed by atoms with Gasteiger partial charge in [-0.2, -0.15) is 0 Å². The maximum atomic E-state index is 12.0. The van der Waals surface area contributed by atoms with Gasteiger partial charge in [-0.05, 0) is 64.9 Å². The highest BCUT2D eigenvalue weighted by atomic mass is 16.5. The van der Waals surface area contributed by atoms with Gasteiger partial charge in [-0.25, -0.2) is 9.78 Å². The summed E-state index contributed by atoms with van der Waals surface area (Å²) >= 11 is 0. The molecule has 1 aromatic carbocycles. The number of hydrogen-bond acceptors (Lipinski definition) is 7. The minimum atomic E-state index is -0.319. The van der Waals surface area contributed by atoms with Gasteiger partial charge in [0.1, 0.15) is 12.4 Å². The Kier molecular flexibility index (Phi) is 9.73. The van der Waals surface area contributed by atoms with Crippen LogP contribution in [0.3, 0.4) is 0 Å². The summed E-state index contributed by atoms with van der Waals surface area (Å²) in [5, 5.41) is 8.20. The molecule has 36 heavy (non-hydrogen) atoms. The van der Waals surface area contributed by atoms with Crippen LogP contribution in [0.1, 0.15) is 6.92 Å². The van der Waals surface area contributed by atoms with Gasteiger partial charge in [0.15, 0.2) is 0 Å². The number of nitrogens with zero attached hydrogens (tertiary/aromatic N) is 4. The van der Waals surface area contributed by atoms with E-state index in [9.17, 15) is 4.79 Å². The number of amides is 2. The van der Waals surface area contributed by atoms with Crippen LogP contribution in [0.4, 0.5) is 10.7 Å². The van der Waals surface area contributed by atoms with Crippen LogP contribution in [0.5, 0.6) is 5.75 Å². The maximum absolute atomic E-state index is 12.0. The van der Waals surface area contributed by atoms with Crippen LogP contribution in [0.15, 0.2) is 55.0 Å². The molecule has 0 aliphatic rings. The van der Waals surface area contributed by atoms with Crippen molar-refractivity contribution in [3.63, 3.8) is 0 Å². The van der Waals surface area contributed by atoms with Crippen molar-refractivity contribution in [3.8, 4) is 28.1 Å². The third-order valence-corrected chi connectivity index (χ3v) is 4.97. The van der Waals surface area contributed by atoms with Crippen LogP contribution in [-0.4, -0.2) is 78.8 Å². The minimum absolute atomic E-state index is 0.319. The molecule has 0 radical (unpaired) electrons. The highest BCUT2D eigenvalue weighted by Gasteiger charge is 2.15. The fourth-order valence-corrected chi connectivity index (χ4v) is 3.38. The number of rotatable bonds is 8. The zero-order valence-corrected chi connectivity index (χ0v) is 21.4. The first kappa shape index (κ1) is 26.6. The molecule has 3 heterocycles. The molecule has 0 saturated heterocycles. The van der Waals surface area contributed by atoms with Gasteiger partial charge in [0, 0.05) is 48.9 Å². The SMILES string of the molecule is CCNC(=O)Nc1nc2c(-c3cc(OCCN(C)C)ccn3)cc(-c3cccnc3)cc2[nH]1.CNC. The third-order valence-electron chi connectivity index (χ3n) is 4.97. The number of nitrogens with one attached hydrogen (secondary N) is 4. The van der Waals surface area contributed by atoms with E-state index >= 15 is 0 Å². The van der Waals surface area contributed by atoms with E-state index in [1.807, 2.05) is 77.7 Å². The van der Waals surface area contributed by atoms with Crippen molar-refractivity contribution in [3.05, 3.63) is 55.0 Å². The Morgan fingerprint density at radius 2 is 1.92 bits per heavy atom. The first-order chi connectivity index (χ1) is 17.4. The van der Waals surface area contributed by atoms with Crippen LogP contribution in [0.2, 0.25) is 0 Å². The lowest BCUT2D eigenvalue weighted by atomic mass is 10.0. The Bertz CT molecular complexity index is 1260. The monoisotopic (exact) mass is 490 g/mol. The van der Waals surface area contributed by atoms with Crippen LogP contribution in [-0.2, 0) is 0 Å². The number of hydrogen-bond donors (Lipinski definition) is 4. The summed E-state index contributed by atoms with van der Waals surface area (Å²) in [4.78, 5) is 30.7. The van der Waals surface area contributed by atoms with Gasteiger partial charge in [-0.1, -0.05) is 6.07 Å². The van der Waals surface area contributed by atoms with E-state index in [2.05, 4.69) is 40.8 Å². The second-order valence-electron chi connectivity index (χ2n) is 8.26. The lowest BCUT2D eigenvalue weighted by molar-refractivity contribution is 0.252. The van der Waals surface area contributed by atoms with E-state index in [0.29, 0.717) is 24.6 Å².